The molecule has 2 rings (SSSR count). The molecule has 0 saturated carbocycles. The molecule has 1 aromatic carbocycles. The van der Waals surface area contributed by atoms with E-state index in [0.717, 1.165) is 7.11 Å². The molecule has 1 heterocycles. The minimum atomic E-state index is -1.28. The molecule has 1 fully saturated rings. The smallest absolute Gasteiger partial charge is 0.417 e. The average Bonchev–Trinajstić information content (AvgIpc) is 2.90. The maximum absolute atomic E-state index is 12.6. The molecule has 0 spiro atoms. The van der Waals surface area contributed by atoms with Gasteiger partial charge in [0.1, 0.15) is 11.6 Å². The number of likely N-dealkylation sites (tertiary alicyclic amines) is 1. The lowest BCUT2D eigenvalue weighted by atomic mass is 10.2. The number of carbonyl (C=O) groups is 4. The van der Waals surface area contributed by atoms with Gasteiger partial charge in [0, 0.05) is 6.42 Å². The Balaban J connectivity index is 2.20. The largest absolute Gasteiger partial charge is 0.467 e. The molecule has 2 atom stereocenters. The van der Waals surface area contributed by atoms with Crippen molar-refractivity contribution >= 4 is 23.9 Å². The monoisotopic (exact) mass is 363 g/mol. The molecule has 1 aromatic rings. The summed E-state index contributed by atoms with van der Waals surface area (Å²) in [6.45, 7) is 4.89. The van der Waals surface area contributed by atoms with Gasteiger partial charge in [0.15, 0.2) is 6.10 Å². The Labute approximate surface area is 151 Å². The highest BCUT2D eigenvalue weighted by Gasteiger charge is 2.50. The molecule has 26 heavy (non-hydrogen) atoms. The number of carbonyl (C=O) groups excluding carboxylic acids is 4. The highest BCUT2D eigenvalue weighted by molar-refractivity contribution is 6.03. The Morgan fingerprint density at radius 2 is 1.73 bits per heavy atom. The summed E-state index contributed by atoms with van der Waals surface area (Å²) in [6.07, 6.45) is -2.46. The third-order valence-corrected chi connectivity index (χ3v) is 3.58. The normalized spacial score (nSPS) is 19.8. The molecule has 1 aliphatic heterocycles. The van der Waals surface area contributed by atoms with Crippen molar-refractivity contribution in [2.24, 2.45) is 0 Å². The molecule has 1 aliphatic rings. The van der Waals surface area contributed by atoms with Crippen LogP contribution in [0, 0.1) is 0 Å². The van der Waals surface area contributed by atoms with E-state index in [1.54, 1.807) is 39.0 Å². The molecule has 0 aromatic heterocycles. The topological polar surface area (TPSA) is 99.2 Å². The van der Waals surface area contributed by atoms with Gasteiger partial charge in [0.05, 0.1) is 12.7 Å². The maximum Gasteiger partial charge on any atom is 0.417 e. The number of hydrogen-bond acceptors (Lipinski definition) is 7. The fraction of sp³-hybridized carbons (Fsp3) is 0.444. The van der Waals surface area contributed by atoms with Gasteiger partial charge in [-0.05, 0) is 32.9 Å². The lowest BCUT2D eigenvalue weighted by Gasteiger charge is -2.25. The van der Waals surface area contributed by atoms with Crippen LogP contribution in [0.1, 0.15) is 37.6 Å². The number of hydrogen-bond donors (Lipinski definition) is 0. The van der Waals surface area contributed by atoms with Crippen LogP contribution in [0.2, 0.25) is 0 Å². The molecule has 0 aliphatic carbocycles. The number of benzene rings is 1. The van der Waals surface area contributed by atoms with Crippen LogP contribution < -0.4 is 0 Å². The SMILES string of the molecule is COC(=O)[C@@H]1C[C@H](OC(=O)c2ccccc2)C(=O)N1C(=O)OC(C)(C)C. The second kappa shape index (κ2) is 7.55. The van der Waals surface area contributed by atoms with E-state index in [9.17, 15) is 19.2 Å². The van der Waals surface area contributed by atoms with Crippen LogP contribution in [0.5, 0.6) is 0 Å². The van der Waals surface area contributed by atoms with E-state index < -0.39 is 41.7 Å². The van der Waals surface area contributed by atoms with Crippen molar-refractivity contribution in [1.82, 2.24) is 4.90 Å². The molecule has 0 radical (unpaired) electrons. The maximum atomic E-state index is 12.6. The highest BCUT2D eigenvalue weighted by atomic mass is 16.6. The summed E-state index contributed by atoms with van der Waals surface area (Å²) in [6, 6.07) is 6.89. The predicted octanol–water partition coefficient (Wildman–Crippen LogP) is 1.92. The molecular weight excluding hydrogens is 342 g/mol. The summed E-state index contributed by atoms with van der Waals surface area (Å²) in [4.78, 5) is 49.7. The summed E-state index contributed by atoms with van der Waals surface area (Å²) >= 11 is 0. The second-order valence-electron chi connectivity index (χ2n) is 6.72. The number of amides is 2. The third-order valence-electron chi connectivity index (χ3n) is 3.58. The zero-order chi connectivity index (χ0) is 19.5. The minimum Gasteiger partial charge on any atom is -0.467 e. The van der Waals surface area contributed by atoms with Crippen molar-refractivity contribution in [3.05, 3.63) is 35.9 Å². The van der Waals surface area contributed by atoms with E-state index >= 15 is 0 Å². The van der Waals surface area contributed by atoms with Gasteiger partial charge >= 0.3 is 18.0 Å². The van der Waals surface area contributed by atoms with Gasteiger partial charge in [-0.25, -0.2) is 19.3 Å². The van der Waals surface area contributed by atoms with Gasteiger partial charge in [-0.15, -0.1) is 0 Å². The Bertz CT molecular complexity index is 708. The predicted molar refractivity (Wildman–Crippen MR) is 89.1 cm³/mol. The van der Waals surface area contributed by atoms with E-state index in [4.69, 9.17) is 9.47 Å². The van der Waals surface area contributed by atoms with Crippen LogP contribution >= 0.6 is 0 Å². The van der Waals surface area contributed by atoms with Gasteiger partial charge in [0.2, 0.25) is 0 Å². The number of ether oxygens (including phenoxy) is 3. The summed E-state index contributed by atoms with van der Waals surface area (Å²) < 4.78 is 15.0. The Morgan fingerprint density at radius 3 is 2.27 bits per heavy atom. The van der Waals surface area contributed by atoms with Crippen LogP contribution in [0.3, 0.4) is 0 Å². The van der Waals surface area contributed by atoms with E-state index in [1.165, 1.54) is 12.1 Å². The number of rotatable bonds is 3. The van der Waals surface area contributed by atoms with Gasteiger partial charge in [0.25, 0.3) is 5.91 Å². The number of methoxy groups -OCH3 is 1. The van der Waals surface area contributed by atoms with Gasteiger partial charge in [-0.1, -0.05) is 18.2 Å². The number of imide groups is 1. The molecule has 8 heteroatoms. The lowest BCUT2D eigenvalue weighted by molar-refractivity contribution is -0.149. The molecule has 2 amide bonds. The van der Waals surface area contributed by atoms with Crippen LogP contribution in [0.15, 0.2) is 30.3 Å². The first-order chi connectivity index (χ1) is 12.1. The van der Waals surface area contributed by atoms with Crippen LogP contribution in [-0.4, -0.2) is 53.7 Å². The van der Waals surface area contributed by atoms with Crippen molar-refractivity contribution in [2.45, 2.75) is 44.9 Å². The summed E-state index contributed by atoms with van der Waals surface area (Å²) in [5.41, 5.74) is -0.609. The van der Waals surface area contributed by atoms with Gasteiger partial charge < -0.3 is 14.2 Å². The van der Waals surface area contributed by atoms with Crippen molar-refractivity contribution in [2.75, 3.05) is 7.11 Å². The van der Waals surface area contributed by atoms with E-state index in [2.05, 4.69) is 4.74 Å². The van der Waals surface area contributed by atoms with Crippen LogP contribution in [-0.2, 0) is 23.8 Å². The van der Waals surface area contributed by atoms with E-state index in [-0.39, 0.29) is 12.0 Å². The van der Waals surface area contributed by atoms with E-state index in [0.29, 0.717) is 4.90 Å². The molecule has 0 unspecified atom stereocenters. The zero-order valence-corrected chi connectivity index (χ0v) is 15.1. The van der Waals surface area contributed by atoms with Gasteiger partial charge in [-0.2, -0.15) is 0 Å². The van der Waals surface area contributed by atoms with Gasteiger partial charge in [-0.3, -0.25) is 4.79 Å². The molecule has 140 valence electrons. The van der Waals surface area contributed by atoms with Crippen molar-refractivity contribution < 1.29 is 33.4 Å². The standard InChI is InChI=1S/C18H21NO7/c1-18(2,3)26-17(23)19-12(16(22)24-4)10-13(14(19)20)25-15(21)11-8-6-5-7-9-11/h5-9,12-13H,10H2,1-4H3/t12-,13-/m0/s1. The van der Waals surface area contributed by atoms with Crippen molar-refractivity contribution in [3.63, 3.8) is 0 Å². The first-order valence-electron chi connectivity index (χ1n) is 8.04. The Hall–Kier alpha value is -2.90. The quantitative estimate of drug-likeness (QED) is 0.597. The Kier molecular flexibility index (Phi) is 5.64. The van der Waals surface area contributed by atoms with Crippen molar-refractivity contribution in [1.29, 1.82) is 0 Å². The molecular formula is C18H21NO7. The zero-order valence-electron chi connectivity index (χ0n) is 15.1. The van der Waals surface area contributed by atoms with E-state index in [1.807, 2.05) is 0 Å². The molecule has 1 saturated heterocycles. The summed E-state index contributed by atoms with van der Waals surface area (Å²) in [7, 11) is 1.14. The Morgan fingerprint density at radius 1 is 1.12 bits per heavy atom. The summed E-state index contributed by atoms with van der Waals surface area (Å²) in [5, 5.41) is 0. The second-order valence-corrected chi connectivity index (χ2v) is 6.72. The molecule has 0 bridgehead atoms. The fourth-order valence-corrected chi connectivity index (χ4v) is 2.45. The first kappa shape index (κ1) is 19.4. The minimum absolute atomic E-state index is 0.191. The number of nitrogens with zero attached hydrogens (tertiary/aromatic N) is 1. The van der Waals surface area contributed by atoms with Crippen LogP contribution in [0.25, 0.3) is 0 Å². The highest BCUT2D eigenvalue weighted by Crippen LogP contribution is 2.26. The molecule has 0 N–H and O–H groups in total. The average molecular weight is 363 g/mol. The van der Waals surface area contributed by atoms with Crippen molar-refractivity contribution in [3.8, 4) is 0 Å². The third kappa shape index (κ3) is 4.38. The lowest BCUT2D eigenvalue weighted by Crippen LogP contribution is -2.46. The molecule has 8 nitrogen and oxygen atoms in total. The number of esters is 2. The fourth-order valence-electron chi connectivity index (χ4n) is 2.45. The summed E-state index contributed by atoms with van der Waals surface area (Å²) in [5.74, 6) is -2.33. The first-order valence-corrected chi connectivity index (χ1v) is 8.04. The van der Waals surface area contributed by atoms with Crippen LogP contribution in [0.4, 0.5) is 4.79 Å².